The molecule has 0 spiro atoms. The van der Waals surface area contributed by atoms with Gasteiger partial charge in [0.15, 0.2) is 0 Å². The van der Waals surface area contributed by atoms with E-state index in [0.717, 1.165) is 11.3 Å². The van der Waals surface area contributed by atoms with E-state index in [9.17, 15) is 8.42 Å². The van der Waals surface area contributed by atoms with Crippen molar-refractivity contribution in [2.45, 2.75) is 23.6 Å². The lowest BCUT2D eigenvalue weighted by atomic mass is 10.3. The van der Waals surface area contributed by atoms with Gasteiger partial charge in [0.2, 0.25) is 10.0 Å². The SMILES string of the molecule is CC(N)CCNS(=O)(=O)c1ccc(Cl)s1.Cl. The zero-order chi connectivity index (χ0) is 11.5. The van der Waals surface area contributed by atoms with Gasteiger partial charge in [-0.1, -0.05) is 11.6 Å². The average Bonchev–Trinajstić information content (AvgIpc) is 2.51. The fourth-order valence-electron chi connectivity index (χ4n) is 0.934. The predicted molar refractivity (Wildman–Crippen MR) is 70.0 cm³/mol. The number of nitrogens with one attached hydrogen (secondary N) is 1. The molecule has 4 nitrogen and oxygen atoms in total. The maximum Gasteiger partial charge on any atom is 0.250 e. The number of thiophene rings is 1. The van der Waals surface area contributed by atoms with Crippen LogP contribution in [0.25, 0.3) is 0 Å². The molecule has 0 aliphatic rings. The summed E-state index contributed by atoms with van der Waals surface area (Å²) in [5.74, 6) is 0. The Morgan fingerprint density at radius 3 is 2.62 bits per heavy atom. The van der Waals surface area contributed by atoms with Crippen LogP contribution in [-0.4, -0.2) is 21.0 Å². The maximum atomic E-state index is 11.6. The van der Waals surface area contributed by atoms with Crippen molar-refractivity contribution in [1.29, 1.82) is 0 Å². The van der Waals surface area contributed by atoms with Gasteiger partial charge < -0.3 is 5.73 Å². The second-order valence-corrected chi connectivity index (χ2v) is 6.93. The van der Waals surface area contributed by atoms with Crippen LogP contribution in [0.5, 0.6) is 0 Å². The van der Waals surface area contributed by atoms with Gasteiger partial charge in [0.25, 0.3) is 0 Å². The standard InChI is InChI=1S/C8H13ClN2O2S2.ClH/c1-6(10)4-5-11-15(12,13)8-3-2-7(9)14-8;/h2-3,6,11H,4-5,10H2,1H3;1H. The molecule has 0 saturated heterocycles. The van der Waals surface area contributed by atoms with Crippen molar-refractivity contribution >= 4 is 45.4 Å². The van der Waals surface area contributed by atoms with Crippen LogP contribution < -0.4 is 10.5 Å². The van der Waals surface area contributed by atoms with Crippen molar-refractivity contribution < 1.29 is 8.42 Å². The first-order valence-electron chi connectivity index (χ1n) is 4.42. The van der Waals surface area contributed by atoms with Gasteiger partial charge in [0.1, 0.15) is 4.21 Å². The molecule has 0 fully saturated rings. The lowest BCUT2D eigenvalue weighted by Crippen LogP contribution is -2.28. The van der Waals surface area contributed by atoms with Gasteiger partial charge in [0, 0.05) is 12.6 Å². The molecule has 8 heteroatoms. The summed E-state index contributed by atoms with van der Waals surface area (Å²) in [5, 5.41) is 0. The normalized spacial score (nSPS) is 13.2. The zero-order valence-corrected chi connectivity index (χ0v) is 11.8. The van der Waals surface area contributed by atoms with Crippen LogP contribution >= 0.6 is 35.3 Å². The molecule has 0 bridgehead atoms. The fourth-order valence-corrected chi connectivity index (χ4v) is 3.51. The van der Waals surface area contributed by atoms with Gasteiger partial charge in [-0.05, 0) is 25.5 Å². The van der Waals surface area contributed by atoms with Gasteiger partial charge in [-0.3, -0.25) is 0 Å². The second-order valence-electron chi connectivity index (χ2n) is 3.22. The molecule has 1 heterocycles. The molecule has 1 aromatic heterocycles. The highest BCUT2D eigenvalue weighted by molar-refractivity contribution is 7.91. The van der Waals surface area contributed by atoms with Crippen molar-refractivity contribution in [2.24, 2.45) is 5.73 Å². The average molecular weight is 305 g/mol. The molecule has 94 valence electrons. The van der Waals surface area contributed by atoms with Crippen LogP contribution in [0.1, 0.15) is 13.3 Å². The van der Waals surface area contributed by atoms with Crippen LogP contribution in [-0.2, 0) is 10.0 Å². The summed E-state index contributed by atoms with van der Waals surface area (Å²) in [7, 11) is -3.41. The van der Waals surface area contributed by atoms with E-state index >= 15 is 0 Å². The predicted octanol–water partition coefficient (Wildman–Crippen LogP) is 1.84. The Morgan fingerprint density at radius 1 is 1.56 bits per heavy atom. The van der Waals surface area contributed by atoms with E-state index in [1.165, 1.54) is 6.07 Å². The first-order chi connectivity index (χ1) is 6.92. The van der Waals surface area contributed by atoms with E-state index in [4.69, 9.17) is 17.3 Å². The number of nitrogens with two attached hydrogens (primary N) is 1. The molecule has 0 saturated carbocycles. The highest BCUT2D eigenvalue weighted by Crippen LogP contribution is 2.25. The molecule has 1 atom stereocenters. The van der Waals surface area contributed by atoms with E-state index < -0.39 is 10.0 Å². The molecule has 16 heavy (non-hydrogen) atoms. The molecule has 0 aromatic carbocycles. The first kappa shape index (κ1) is 16.1. The Hall–Kier alpha value is 0.150. The smallest absolute Gasteiger partial charge is 0.250 e. The quantitative estimate of drug-likeness (QED) is 0.872. The third-order valence-electron chi connectivity index (χ3n) is 1.71. The molecule has 0 amide bonds. The fraction of sp³-hybridized carbons (Fsp3) is 0.500. The molecular formula is C8H14Cl2N2O2S2. The second kappa shape index (κ2) is 6.78. The van der Waals surface area contributed by atoms with Gasteiger partial charge >= 0.3 is 0 Å². The van der Waals surface area contributed by atoms with Gasteiger partial charge in [0.05, 0.1) is 4.34 Å². The van der Waals surface area contributed by atoms with E-state index in [2.05, 4.69) is 4.72 Å². The molecule has 0 aliphatic carbocycles. The highest BCUT2D eigenvalue weighted by Gasteiger charge is 2.15. The molecule has 1 unspecified atom stereocenters. The Kier molecular flexibility index (Phi) is 6.84. The minimum Gasteiger partial charge on any atom is -0.328 e. The molecule has 3 N–H and O–H groups in total. The van der Waals surface area contributed by atoms with Crippen LogP contribution in [0, 0.1) is 0 Å². The highest BCUT2D eigenvalue weighted by atomic mass is 35.5. The third kappa shape index (κ3) is 4.99. The summed E-state index contributed by atoms with van der Waals surface area (Å²) in [6.45, 7) is 2.17. The van der Waals surface area contributed by atoms with Crippen molar-refractivity contribution in [1.82, 2.24) is 4.72 Å². The minimum absolute atomic E-state index is 0. The number of sulfonamides is 1. The Bertz CT molecular complexity index is 417. The van der Waals surface area contributed by atoms with Crippen molar-refractivity contribution in [3.05, 3.63) is 16.5 Å². The van der Waals surface area contributed by atoms with Gasteiger partial charge in [-0.2, -0.15) is 0 Å². The lowest BCUT2D eigenvalue weighted by molar-refractivity contribution is 0.574. The maximum absolute atomic E-state index is 11.6. The van der Waals surface area contributed by atoms with Crippen LogP contribution in [0.15, 0.2) is 16.3 Å². The molecule has 0 radical (unpaired) electrons. The van der Waals surface area contributed by atoms with Crippen molar-refractivity contribution in [3.63, 3.8) is 0 Å². The van der Waals surface area contributed by atoms with Gasteiger partial charge in [-0.15, -0.1) is 23.7 Å². The zero-order valence-electron chi connectivity index (χ0n) is 8.64. The molecule has 1 aromatic rings. The molecular weight excluding hydrogens is 291 g/mol. The monoisotopic (exact) mass is 304 g/mol. The third-order valence-corrected chi connectivity index (χ3v) is 4.89. The van der Waals surface area contributed by atoms with Crippen LogP contribution in [0.3, 0.4) is 0 Å². The Balaban J connectivity index is 0.00000225. The van der Waals surface area contributed by atoms with E-state index in [0.29, 0.717) is 17.3 Å². The summed E-state index contributed by atoms with van der Waals surface area (Å²) >= 11 is 6.69. The minimum atomic E-state index is -3.41. The van der Waals surface area contributed by atoms with Crippen molar-refractivity contribution in [3.8, 4) is 0 Å². The number of hydrogen-bond acceptors (Lipinski definition) is 4. The summed E-state index contributed by atoms with van der Waals surface area (Å²) in [5.41, 5.74) is 5.51. The number of halogens is 2. The largest absolute Gasteiger partial charge is 0.328 e. The summed E-state index contributed by atoms with van der Waals surface area (Å²) in [4.78, 5) is 0. The number of rotatable bonds is 5. The molecule has 1 rings (SSSR count). The van der Waals surface area contributed by atoms with E-state index in [1.54, 1.807) is 6.07 Å². The summed E-state index contributed by atoms with van der Waals surface area (Å²) < 4.78 is 26.4. The van der Waals surface area contributed by atoms with Gasteiger partial charge in [-0.25, -0.2) is 13.1 Å². The van der Waals surface area contributed by atoms with E-state index in [-0.39, 0.29) is 22.7 Å². The van der Waals surface area contributed by atoms with Crippen LogP contribution in [0.4, 0.5) is 0 Å². The first-order valence-corrected chi connectivity index (χ1v) is 7.10. The Morgan fingerprint density at radius 2 is 2.19 bits per heavy atom. The van der Waals surface area contributed by atoms with Crippen molar-refractivity contribution in [2.75, 3.05) is 6.54 Å². The summed E-state index contributed by atoms with van der Waals surface area (Å²) in [6.07, 6.45) is 0.609. The number of hydrogen-bond donors (Lipinski definition) is 2. The topological polar surface area (TPSA) is 72.2 Å². The van der Waals surface area contributed by atoms with E-state index in [1.807, 2.05) is 6.92 Å². The Labute approximate surface area is 111 Å². The lowest BCUT2D eigenvalue weighted by Gasteiger charge is -2.06. The summed E-state index contributed by atoms with van der Waals surface area (Å²) in [6, 6.07) is 3.03. The van der Waals surface area contributed by atoms with Crippen LogP contribution in [0.2, 0.25) is 4.34 Å². The molecule has 0 aliphatic heterocycles.